The average Bonchev–Trinajstić information content (AvgIpc) is 3.51. The molecule has 0 atom stereocenters. The first-order valence-electron chi connectivity index (χ1n) is 12.3. The summed E-state index contributed by atoms with van der Waals surface area (Å²) in [4.78, 5) is 5.07. The van der Waals surface area contributed by atoms with E-state index in [0.29, 0.717) is 0 Å². The van der Waals surface area contributed by atoms with Crippen molar-refractivity contribution in [3.05, 3.63) is 108 Å². The third-order valence-electron chi connectivity index (χ3n) is 7.03. The number of hydrogen-bond acceptors (Lipinski definition) is 4. The molecule has 1 N–H and O–H groups in total. The van der Waals surface area contributed by atoms with E-state index in [1.807, 2.05) is 36.4 Å². The zero-order valence-electron chi connectivity index (χ0n) is 20.4. The van der Waals surface area contributed by atoms with E-state index >= 15 is 0 Å². The lowest BCUT2D eigenvalue weighted by Crippen LogP contribution is -1.88. The molecule has 0 aliphatic heterocycles. The highest BCUT2D eigenvalue weighted by Gasteiger charge is 2.19. The Labute approximate surface area is 218 Å². The molecule has 0 saturated heterocycles. The Morgan fingerprint density at radius 3 is 2.38 bits per heavy atom. The van der Waals surface area contributed by atoms with Crippen LogP contribution in [0.1, 0.15) is 11.1 Å². The highest BCUT2D eigenvalue weighted by molar-refractivity contribution is 7.21. The number of phenolic OH excluding ortho intramolecular Hbond substituents is 1. The number of aromatic hydroxyl groups is 1. The fraction of sp³-hybridized carbons (Fsp3) is 0.0606. The normalized spacial score (nSPS) is 11.6. The van der Waals surface area contributed by atoms with Gasteiger partial charge in [-0.25, -0.2) is 4.98 Å². The van der Waals surface area contributed by atoms with Gasteiger partial charge in [-0.1, -0.05) is 72.3 Å². The molecular formula is C33H23NO2S. The molecule has 178 valence electrons. The fourth-order valence-electron chi connectivity index (χ4n) is 5.17. The molecule has 0 unspecified atom stereocenters. The first-order valence-corrected chi connectivity index (χ1v) is 13.1. The maximum Gasteiger partial charge on any atom is 0.143 e. The molecule has 0 bridgehead atoms. The summed E-state index contributed by atoms with van der Waals surface area (Å²) in [6.07, 6.45) is 0. The summed E-state index contributed by atoms with van der Waals surface area (Å²) in [6, 6.07) is 32.9. The molecule has 3 nitrogen and oxygen atoms in total. The van der Waals surface area contributed by atoms with Crippen molar-refractivity contribution in [1.82, 2.24) is 4.98 Å². The highest BCUT2D eigenvalue weighted by atomic mass is 32.1. The van der Waals surface area contributed by atoms with E-state index in [9.17, 15) is 5.11 Å². The van der Waals surface area contributed by atoms with Crippen molar-refractivity contribution in [2.24, 2.45) is 0 Å². The van der Waals surface area contributed by atoms with Crippen molar-refractivity contribution in [3.8, 4) is 38.6 Å². The second-order valence-electron chi connectivity index (χ2n) is 9.51. The number of furan rings is 1. The van der Waals surface area contributed by atoms with Gasteiger partial charge in [0.05, 0.1) is 15.8 Å². The van der Waals surface area contributed by atoms with E-state index in [-0.39, 0.29) is 5.75 Å². The Kier molecular flexibility index (Phi) is 4.91. The molecule has 0 radical (unpaired) electrons. The minimum atomic E-state index is 0.234. The molecule has 7 aromatic rings. The van der Waals surface area contributed by atoms with Crippen molar-refractivity contribution >= 4 is 43.5 Å². The molecule has 0 aliphatic carbocycles. The van der Waals surface area contributed by atoms with Gasteiger partial charge in [-0.2, -0.15) is 0 Å². The number of para-hydroxylation sites is 3. The number of aromatic nitrogens is 1. The summed E-state index contributed by atoms with van der Waals surface area (Å²) in [5.74, 6) is 0.234. The van der Waals surface area contributed by atoms with Crippen LogP contribution in [0.3, 0.4) is 0 Å². The summed E-state index contributed by atoms with van der Waals surface area (Å²) in [7, 11) is 0. The maximum absolute atomic E-state index is 10.5. The number of hydrogen-bond donors (Lipinski definition) is 1. The number of aryl methyl sites for hydroxylation is 2. The molecule has 2 heterocycles. The Morgan fingerprint density at radius 2 is 1.49 bits per heavy atom. The summed E-state index contributed by atoms with van der Waals surface area (Å²) in [6.45, 7) is 4.28. The number of nitrogens with zero attached hydrogens (tertiary/aromatic N) is 1. The maximum atomic E-state index is 10.5. The number of benzene rings is 5. The van der Waals surface area contributed by atoms with Gasteiger partial charge < -0.3 is 9.52 Å². The van der Waals surface area contributed by atoms with Crippen LogP contribution >= 0.6 is 11.3 Å². The van der Waals surface area contributed by atoms with Crippen LogP contribution in [0.5, 0.6) is 5.75 Å². The number of rotatable bonds is 3. The predicted molar refractivity (Wildman–Crippen MR) is 154 cm³/mol. The van der Waals surface area contributed by atoms with E-state index in [1.165, 1.54) is 16.7 Å². The van der Waals surface area contributed by atoms with Crippen LogP contribution in [0.25, 0.3) is 65.0 Å². The van der Waals surface area contributed by atoms with Gasteiger partial charge in [-0.3, -0.25) is 0 Å². The van der Waals surface area contributed by atoms with Crippen LogP contribution in [-0.4, -0.2) is 10.1 Å². The molecule has 0 fully saturated rings. The van der Waals surface area contributed by atoms with Crippen molar-refractivity contribution in [2.45, 2.75) is 13.8 Å². The van der Waals surface area contributed by atoms with Gasteiger partial charge in [-0.15, -0.1) is 11.3 Å². The Bertz CT molecular complexity index is 1980. The number of fused-ring (bicyclic) bond motifs is 4. The largest absolute Gasteiger partial charge is 0.507 e. The first kappa shape index (κ1) is 21.8. The van der Waals surface area contributed by atoms with Crippen LogP contribution in [-0.2, 0) is 0 Å². The van der Waals surface area contributed by atoms with Gasteiger partial charge in [0, 0.05) is 21.9 Å². The highest BCUT2D eigenvalue weighted by Crippen LogP contribution is 2.44. The number of phenols is 1. The molecule has 0 aliphatic rings. The van der Waals surface area contributed by atoms with Crippen LogP contribution in [0.4, 0.5) is 0 Å². The molecule has 2 aromatic heterocycles. The van der Waals surface area contributed by atoms with Crippen molar-refractivity contribution in [2.75, 3.05) is 0 Å². The lowest BCUT2D eigenvalue weighted by molar-refractivity contribution is 0.477. The van der Waals surface area contributed by atoms with Crippen LogP contribution in [0.2, 0.25) is 0 Å². The third-order valence-corrected chi connectivity index (χ3v) is 8.06. The van der Waals surface area contributed by atoms with E-state index < -0.39 is 0 Å². The van der Waals surface area contributed by atoms with Crippen molar-refractivity contribution in [3.63, 3.8) is 0 Å². The predicted octanol–water partition coefficient (Wildman–Crippen LogP) is 9.52. The second kappa shape index (κ2) is 8.32. The van der Waals surface area contributed by atoms with Crippen molar-refractivity contribution < 1.29 is 9.52 Å². The molecule has 0 saturated carbocycles. The van der Waals surface area contributed by atoms with Gasteiger partial charge in [0.25, 0.3) is 0 Å². The first-order chi connectivity index (χ1) is 18.1. The van der Waals surface area contributed by atoms with Gasteiger partial charge >= 0.3 is 0 Å². The number of thiazole rings is 1. The smallest absolute Gasteiger partial charge is 0.143 e. The van der Waals surface area contributed by atoms with Gasteiger partial charge in [0.15, 0.2) is 0 Å². The van der Waals surface area contributed by atoms with Gasteiger partial charge in [0.2, 0.25) is 0 Å². The van der Waals surface area contributed by atoms with Gasteiger partial charge in [0.1, 0.15) is 21.9 Å². The van der Waals surface area contributed by atoms with Crippen LogP contribution in [0, 0.1) is 13.8 Å². The van der Waals surface area contributed by atoms with E-state index in [2.05, 4.69) is 68.4 Å². The zero-order valence-corrected chi connectivity index (χ0v) is 21.3. The summed E-state index contributed by atoms with van der Waals surface area (Å²) >= 11 is 1.60. The van der Waals surface area contributed by atoms with E-state index in [0.717, 1.165) is 59.4 Å². The quantitative estimate of drug-likeness (QED) is 0.264. The lowest BCUT2D eigenvalue weighted by atomic mass is 9.94. The third kappa shape index (κ3) is 3.52. The molecule has 4 heteroatoms. The summed E-state index contributed by atoms with van der Waals surface area (Å²) in [5, 5.41) is 13.5. The Hall–Kier alpha value is -4.41. The average molecular weight is 498 g/mol. The Balaban J connectivity index is 1.57. The minimum absolute atomic E-state index is 0.234. The topological polar surface area (TPSA) is 46.3 Å². The molecule has 0 spiro atoms. The molecule has 37 heavy (non-hydrogen) atoms. The van der Waals surface area contributed by atoms with Gasteiger partial charge in [-0.05, 0) is 60.9 Å². The summed E-state index contributed by atoms with van der Waals surface area (Å²) in [5.41, 5.74) is 10.2. The fourth-order valence-corrected chi connectivity index (χ4v) is 6.23. The Morgan fingerprint density at radius 1 is 0.703 bits per heavy atom. The standard InChI is InChI=1S/C33H23NO2S/c1-19-14-15-20(2)26(16-19)21-17-27(24-11-7-10-23-22-8-4-6-13-29(22)36-32(23)24)31-30(18-21)37-33(34-31)25-9-3-5-12-28(25)35/h3-18,35H,1-2H3. The lowest BCUT2D eigenvalue weighted by Gasteiger charge is -2.11. The molecule has 7 rings (SSSR count). The van der Waals surface area contributed by atoms with Crippen LogP contribution < -0.4 is 0 Å². The van der Waals surface area contributed by atoms with E-state index in [4.69, 9.17) is 9.40 Å². The zero-order chi connectivity index (χ0) is 25.1. The SMILES string of the molecule is Cc1ccc(C)c(-c2cc(-c3cccc4c3oc3ccccc34)c3nc(-c4ccccc4O)sc3c2)c1. The molecule has 5 aromatic carbocycles. The monoisotopic (exact) mass is 497 g/mol. The van der Waals surface area contributed by atoms with Crippen molar-refractivity contribution in [1.29, 1.82) is 0 Å². The minimum Gasteiger partial charge on any atom is -0.507 e. The molecular weight excluding hydrogens is 474 g/mol. The second-order valence-corrected chi connectivity index (χ2v) is 10.5. The molecule has 0 amide bonds. The van der Waals surface area contributed by atoms with E-state index in [1.54, 1.807) is 17.4 Å². The summed E-state index contributed by atoms with van der Waals surface area (Å²) < 4.78 is 7.49. The van der Waals surface area contributed by atoms with Crippen LogP contribution in [0.15, 0.2) is 101 Å².